The van der Waals surface area contributed by atoms with Gasteiger partial charge in [0.05, 0.1) is 10.5 Å². The second kappa shape index (κ2) is 5.06. The maximum absolute atomic E-state index is 14.0. The fourth-order valence-corrected chi connectivity index (χ4v) is 3.37. The van der Waals surface area contributed by atoms with E-state index in [9.17, 15) is 17.6 Å². The van der Waals surface area contributed by atoms with E-state index < -0.39 is 21.7 Å². The van der Waals surface area contributed by atoms with Crippen molar-refractivity contribution >= 4 is 15.9 Å². The topological polar surface area (TPSA) is 80.5 Å². The summed E-state index contributed by atoms with van der Waals surface area (Å²) in [6.07, 6.45) is 0.828. The maximum Gasteiger partial charge on any atom is 0.256 e. The Bertz CT molecular complexity index is 698. The summed E-state index contributed by atoms with van der Waals surface area (Å²) >= 11 is 0. The quantitative estimate of drug-likeness (QED) is 0.901. The highest BCUT2D eigenvalue weighted by molar-refractivity contribution is 7.89. The Morgan fingerprint density at radius 3 is 2.48 bits per heavy atom. The van der Waals surface area contributed by atoms with Crippen molar-refractivity contribution in [3.8, 4) is 0 Å². The highest BCUT2D eigenvalue weighted by Gasteiger charge is 2.33. The van der Waals surface area contributed by atoms with Crippen LogP contribution in [0.15, 0.2) is 17.0 Å². The van der Waals surface area contributed by atoms with E-state index in [0.717, 1.165) is 18.6 Å². The number of carbonyl (C=O) groups is 1. The average Bonchev–Trinajstić information content (AvgIpc) is 2.67. The Morgan fingerprint density at radius 2 is 2.00 bits per heavy atom. The van der Waals surface area contributed by atoms with Crippen LogP contribution in [-0.4, -0.2) is 32.3 Å². The van der Waals surface area contributed by atoms with Gasteiger partial charge in [-0.25, -0.2) is 17.9 Å². The fraction of sp³-hybridized carbons (Fsp3) is 0.500. The van der Waals surface area contributed by atoms with E-state index in [1.165, 1.54) is 6.92 Å². The van der Waals surface area contributed by atoms with Gasteiger partial charge in [0.15, 0.2) is 0 Å². The fourth-order valence-electron chi connectivity index (χ4n) is 2.58. The summed E-state index contributed by atoms with van der Waals surface area (Å²) in [6, 6.07) is 2.07. The summed E-state index contributed by atoms with van der Waals surface area (Å²) in [5.74, 6) is -1.22. The third-order valence-electron chi connectivity index (χ3n) is 3.77. The molecule has 5 nitrogen and oxygen atoms in total. The summed E-state index contributed by atoms with van der Waals surface area (Å²) in [6.45, 7) is 6.55. The zero-order valence-corrected chi connectivity index (χ0v) is 13.1. The normalized spacial score (nSPS) is 18.0. The average molecular weight is 314 g/mol. The molecule has 1 aromatic rings. The molecule has 1 fully saturated rings. The number of nitrogens with zero attached hydrogens (tertiary/aromatic N) is 1. The van der Waals surface area contributed by atoms with Gasteiger partial charge in [-0.05, 0) is 36.5 Å². The minimum atomic E-state index is -3.99. The van der Waals surface area contributed by atoms with Crippen LogP contribution in [0, 0.1) is 18.2 Å². The van der Waals surface area contributed by atoms with Crippen molar-refractivity contribution in [1.82, 2.24) is 4.90 Å². The van der Waals surface area contributed by atoms with Gasteiger partial charge >= 0.3 is 0 Å². The van der Waals surface area contributed by atoms with Crippen LogP contribution in [-0.2, 0) is 10.0 Å². The second-order valence-corrected chi connectivity index (χ2v) is 7.81. The Labute approximate surface area is 124 Å². The van der Waals surface area contributed by atoms with Gasteiger partial charge in [-0.3, -0.25) is 4.79 Å². The molecule has 1 aliphatic heterocycles. The van der Waals surface area contributed by atoms with Crippen molar-refractivity contribution in [2.75, 3.05) is 13.1 Å². The van der Waals surface area contributed by atoms with Gasteiger partial charge < -0.3 is 4.90 Å². The van der Waals surface area contributed by atoms with Crippen molar-refractivity contribution in [1.29, 1.82) is 0 Å². The van der Waals surface area contributed by atoms with E-state index in [1.807, 2.05) is 13.8 Å². The monoisotopic (exact) mass is 314 g/mol. The number of sulfonamides is 1. The molecule has 0 aliphatic carbocycles. The van der Waals surface area contributed by atoms with Crippen molar-refractivity contribution in [3.05, 3.63) is 29.1 Å². The number of rotatable bonds is 2. The number of hydrogen-bond donors (Lipinski definition) is 1. The molecule has 0 bridgehead atoms. The predicted octanol–water partition coefficient (Wildman–Crippen LogP) is 1.65. The number of amides is 1. The van der Waals surface area contributed by atoms with Gasteiger partial charge in [-0.1, -0.05) is 13.8 Å². The molecular weight excluding hydrogens is 295 g/mol. The molecule has 7 heteroatoms. The first-order valence-corrected chi connectivity index (χ1v) is 8.18. The number of hydrogen-bond acceptors (Lipinski definition) is 3. The van der Waals surface area contributed by atoms with Crippen molar-refractivity contribution in [2.45, 2.75) is 32.1 Å². The summed E-state index contributed by atoms with van der Waals surface area (Å²) < 4.78 is 37.0. The van der Waals surface area contributed by atoms with Crippen LogP contribution in [0.4, 0.5) is 4.39 Å². The van der Waals surface area contributed by atoms with E-state index in [0.29, 0.717) is 13.1 Å². The third-order valence-corrected chi connectivity index (χ3v) is 4.82. The largest absolute Gasteiger partial charge is 0.338 e. The van der Waals surface area contributed by atoms with Crippen LogP contribution < -0.4 is 5.14 Å². The molecule has 2 N–H and O–H groups in total. The molecule has 0 aromatic heterocycles. The molecule has 0 saturated carbocycles. The highest BCUT2D eigenvalue weighted by Crippen LogP contribution is 2.30. The van der Waals surface area contributed by atoms with E-state index in [1.54, 1.807) is 4.90 Å². The van der Waals surface area contributed by atoms with Crippen molar-refractivity contribution in [3.63, 3.8) is 0 Å². The molecule has 21 heavy (non-hydrogen) atoms. The smallest absolute Gasteiger partial charge is 0.256 e. The molecule has 0 unspecified atom stereocenters. The number of primary sulfonamides is 1. The van der Waals surface area contributed by atoms with Gasteiger partial charge in [0.1, 0.15) is 5.82 Å². The van der Waals surface area contributed by atoms with Gasteiger partial charge in [0, 0.05) is 13.1 Å². The van der Waals surface area contributed by atoms with Gasteiger partial charge in [0.2, 0.25) is 10.0 Å². The lowest BCUT2D eigenvalue weighted by Crippen LogP contribution is -2.31. The number of likely N-dealkylation sites (tertiary alicyclic amines) is 1. The zero-order chi connectivity index (χ0) is 16.0. The van der Waals surface area contributed by atoms with Crippen molar-refractivity contribution < 1.29 is 17.6 Å². The van der Waals surface area contributed by atoms with Crippen LogP contribution in [0.1, 0.15) is 36.2 Å². The Hall–Kier alpha value is -1.47. The van der Waals surface area contributed by atoms with Crippen LogP contribution in [0.5, 0.6) is 0 Å². The van der Waals surface area contributed by atoms with Crippen LogP contribution in [0.2, 0.25) is 0 Å². The SMILES string of the molecule is Cc1cc(F)c(C(=O)N2CCC(C)(C)C2)cc1S(N)(=O)=O. The van der Waals surface area contributed by atoms with Crippen LogP contribution >= 0.6 is 0 Å². The summed E-state index contributed by atoms with van der Waals surface area (Å²) in [7, 11) is -3.99. The molecule has 1 aromatic carbocycles. The highest BCUT2D eigenvalue weighted by atomic mass is 32.2. The molecule has 1 saturated heterocycles. The first-order valence-electron chi connectivity index (χ1n) is 6.63. The van der Waals surface area contributed by atoms with Gasteiger partial charge in [0.25, 0.3) is 5.91 Å². The molecule has 1 amide bonds. The Morgan fingerprint density at radius 1 is 1.38 bits per heavy atom. The molecule has 0 atom stereocenters. The summed E-state index contributed by atoms with van der Waals surface area (Å²) in [5.41, 5.74) is -0.0739. The van der Waals surface area contributed by atoms with E-state index in [4.69, 9.17) is 5.14 Å². The zero-order valence-electron chi connectivity index (χ0n) is 12.3. The maximum atomic E-state index is 14.0. The lowest BCUT2D eigenvalue weighted by Gasteiger charge is -2.20. The number of benzene rings is 1. The Kier molecular flexibility index (Phi) is 3.84. The standard InChI is InChI=1S/C14H19FN2O3S/c1-9-6-11(15)10(7-12(9)21(16,19)20)13(18)17-5-4-14(2,3)8-17/h6-7H,4-5,8H2,1-3H3,(H2,16,19,20). The molecule has 2 rings (SSSR count). The van der Waals surface area contributed by atoms with Gasteiger partial charge in [-0.15, -0.1) is 0 Å². The molecule has 0 radical (unpaired) electrons. The number of nitrogens with two attached hydrogens (primary N) is 1. The second-order valence-electron chi connectivity index (χ2n) is 6.28. The first kappa shape index (κ1) is 15.9. The third kappa shape index (κ3) is 3.24. The molecule has 116 valence electrons. The number of aryl methyl sites for hydroxylation is 1. The Balaban J connectivity index is 2.43. The van der Waals surface area contributed by atoms with Crippen LogP contribution in [0.3, 0.4) is 0 Å². The molecule has 1 aliphatic rings. The molecule has 1 heterocycles. The van der Waals surface area contributed by atoms with Crippen molar-refractivity contribution in [2.24, 2.45) is 10.6 Å². The number of halogens is 1. The molecular formula is C14H19FN2O3S. The lowest BCUT2D eigenvalue weighted by atomic mass is 9.93. The first-order chi connectivity index (χ1) is 9.51. The van der Waals surface area contributed by atoms with E-state index in [2.05, 4.69) is 0 Å². The predicted molar refractivity (Wildman–Crippen MR) is 76.8 cm³/mol. The van der Waals surface area contributed by atoms with E-state index in [-0.39, 0.29) is 21.4 Å². The molecule has 0 spiro atoms. The van der Waals surface area contributed by atoms with E-state index >= 15 is 0 Å². The summed E-state index contributed by atoms with van der Waals surface area (Å²) in [4.78, 5) is 13.7. The number of carbonyl (C=O) groups excluding carboxylic acids is 1. The van der Waals surface area contributed by atoms with Crippen LogP contribution in [0.25, 0.3) is 0 Å². The summed E-state index contributed by atoms with van der Waals surface area (Å²) in [5, 5.41) is 5.10. The minimum Gasteiger partial charge on any atom is -0.338 e. The lowest BCUT2D eigenvalue weighted by molar-refractivity contribution is 0.0773. The minimum absolute atomic E-state index is 0.0143. The van der Waals surface area contributed by atoms with Gasteiger partial charge in [-0.2, -0.15) is 0 Å².